The number of aryl methyl sites for hydroxylation is 2. The van der Waals surface area contributed by atoms with Crippen molar-refractivity contribution in [2.45, 2.75) is 39.7 Å². The van der Waals surface area contributed by atoms with Gasteiger partial charge in [-0.05, 0) is 26.3 Å². The number of thiazole rings is 1. The molecule has 25 heavy (non-hydrogen) atoms. The van der Waals surface area contributed by atoms with Crippen molar-refractivity contribution in [3.63, 3.8) is 0 Å². The Morgan fingerprint density at radius 3 is 2.64 bits per heavy atom. The van der Waals surface area contributed by atoms with E-state index in [1.165, 1.54) is 4.88 Å². The second-order valence-electron chi connectivity index (χ2n) is 5.99. The zero-order chi connectivity index (χ0) is 18.1. The van der Waals surface area contributed by atoms with Crippen LogP contribution < -0.4 is 10.6 Å². The van der Waals surface area contributed by atoms with Crippen LogP contribution in [-0.2, 0) is 12.8 Å². The standard InChI is InChI=1S/C19H28N4OS/c1-4-20-19(21-11-10-18-23-14(2)15(3)25-18)22-13-17(24)12-16-8-6-5-7-9-16/h5-9,17,24H,4,10-13H2,1-3H3,(H2,20,21,22). The molecule has 136 valence electrons. The highest BCUT2D eigenvalue weighted by Gasteiger charge is 2.07. The Hall–Kier alpha value is -1.92. The molecule has 0 spiro atoms. The van der Waals surface area contributed by atoms with Gasteiger partial charge in [0.2, 0.25) is 0 Å². The van der Waals surface area contributed by atoms with Gasteiger partial charge in [-0.3, -0.25) is 4.99 Å². The van der Waals surface area contributed by atoms with Crippen LogP contribution in [0.3, 0.4) is 0 Å². The summed E-state index contributed by atoms with van der Waals surface area (Å²) < 4.78 is 0. The highest BCUT2D eigenvalue weighted by molar-refractivity contribution is 7.11. The summed E-state index contributed by atoms with van der Waals surface area (Å²) in [5, 5.41) is 17.9. The smallest absolute Gasteiger partial charge is 0.191 e. The number of rotatable bonds is 8. The summed E-state index contributed by atoms with van der Waals surface area (Å²) >= 11 is 1.75. The second kappa shape index (κ2) is 10.2. The normalized spacial score (nSPS) is 12.9. The first-order valence-electron chi connectivity index (χ1n) is 8.75. The highest BCUT2D eigenvalue weighted by atomic mass is 32.1. The number of aliphatic hydroxyl groups is 1. The van der Waals surface area contributed by atoms with Gasteiger partial charge in [-0.1, -0.05) is 30.3 Å². The molecule has 0 saturated carbocycles. The van der Waals surface area contributed by atoms with E-state index in [0.717, 1.165) is 41.7 Å². The predicted octanol–water partition coefficient (Wildman–Crippen LogP) is 2.46. The monoisotopic (exact) mass is 360 g/mol. The SMILES string of the molecule is CCNC(=NCC(O)Cc1ccccc1)NCCc1nc(C)c(C)s1. The van der Waals surface area contributed by atoms with Crippen molar-refractivity contribution in [1.29, 1.82) is 0 Å². The zero-order valence-electron chi connectivity index (χ0n) is 15.2. The van der Waals surface area contributed by atoms with E-state index in [0.29, 0.717) is 13.0 Å². The van der Waals surface area contributed by atoms with Gasteiger partial charge in [0.25, 0.3) is 0 Å². The first-order valence-corrected chi connectivity index (χ1v) is 9.57. The maximum Gasteiger partial charge on any atom is 0.191 e. The van der Waals surface area contributed by atoms with Gasteiger partial charge in [-0.15, -0.1) is 11.3 Å². The molecule has 5 nitrogen and oxygen atoms in total. The Balaban J connectivity index is 1.80. The van der Waals surface area contributed by atoms with Crippen LogP contribution in [-0.4, -0.2) is 41.8 Å². The molecule has 1 heterocycles. The third-order valence-electron chi connectivity index (χ3n) is 3.82. The van der Waals surface area contributed by atoms with E-state index in [1.54, 1.807) is 11.3 Å². The largest absolute Gasteiger partial charge is 0.391 e. The third kappa shape index (κ3) is 6.84. The van der Waals surface area contributed by atoms with Crippen molar-refractivity contribution in [3.8, 4) is 0 Å². The molecule has 0 aliphatic rings. The number of hydrogen-bond donors (Lipinski definition) is 3. The van der Waals surface area contributed by atoms with Crippen LogP contribution in [0.25, 0.3) is 0 Å². The van der Waals surface area contributed by atoms with E-state index in [1.807, 2.05) is 44.2 Å². The minimum Gasteiger partial charge on any atom is -0.391 e. The summed E-state index contributed by atoms with van der Waals surface area (Å²) in [5.41, 5.74) is 2.24. The van der Waals surface area contributed by atoms with Crippen LogP contribution in [0, 0.1) is 13.8 Å². The molecule has 0 amide bonds. The van der Waals surface area contributed by atoms with Crippen LogP contribution in [0.15, 0.2) is 35.3 Å². The molecule has 0 aliphatic heterocycles. The van der Waals surface area contributed by atoms with Crippen LogP contribution in [0.4, 0.5) is 0 Å². The van der Waals surface area contributed by atoms with Crippen LogP contribution in [0.2, 0.25) is 0 Å². The minimum atomic E-state index is -0.484. The molecule has 0 bridgehead atoms. The molecule has 1 aromatic heterocycles. The number of aliphatic hydroxyl groups excluding tert-OH is 1. The third-order valence-corrected chi connectivity index (χ3v) is 4.96. The summed E-state index contributed by atoms with van der Waals surface area (Å²) in [7, 11) is 0. The molecule has 3 N–H and O–H groups in total. The molecule has 0 aliphatic carbocycles. The Bertz CT molecular complexity index is 650. The first kappa shape index (κ1) is 19.4. The number of nitrogens with zero attached hydrogens (tertiary/aromatic N) is 2. The molecule has 1 atom stereocenters. The lowest BCUT2D eigenvalue weighted by Gasteiger charge is -2.13. The quantitative estimate of drug-likeness (QED) is 0.500. The van der Waals surface area contributed by atoms with E-state index in [2.05, 4.69) is 27.5 Å². The van der Waals surface area contributed by atoms with Gasteiger partial charge in [-0.25, -0.2) is 4.98 Å². The molecular formula is C19H28N4OS. The fourth-order valence-corrected chi connectivity index (χ4v) is 3.36. The zero-order valence-corrected chi connectivity index (χ0v) is 16.1. The van der Waals surface area contributed by atoms with Crippen molar-refractivity contribution in [2.75, 3.05) is 19.6 Å². The summed E-state index contributed by atoms with van der Waals surface area (Å²) in [6.45, 7) is 8.11. The lowest BCUT2D eigenvalue weighted by Crippen LogP contribution is -2.39. The Kier molecular flexibility index (Phi) is 7.88. The maximum atomic E-state index is 10.2. The van der Waals surface area contributed by atoms with Gasteiger partial charge in [-0.2, -0.15) is 0 Å². The number of benzene rings is 1. The topological polar surface area (TPSA) is 69.5 Å². The van der Waals surface area contributed by atoms with Crippen LogP contribution >= 0.6 is 11.3 Å². The number of aromatic nitrogens is 1. The lowest BCUT2D eigenvalue weighted by molar-refractivity contribution is 0.183. The van der Waals surface area contributed by atoms with E-state index in [-0.39, 0.29) is 0 Å². The van der Waals surface area contributed by atoms with Gasteiger partial charge < -0.3 is 15.7 Å². The van der Waals surface area contributed by atoms with E-state index in [9.17, 15) is 5.11 Å². The first-order chi connectivity index (χ1) is 12.1. The van der Waals surface area contributed by atoms with Crippen LogP contribution in [0.1, 0.15) is 28.1 Å². The number of guanidine groups is 1. The van der Waals surface area contributed by atoms with E-state index < -0.39 is 6.10 Å². The molecule has 1 aromatic carbocycles. The van der Waals surface area contributed by atoms with Crippen molar-refractivity contribution >= 4 is 17.3 Å². The molecule has 0 saturated heterocycles. The summed E-state index contributed by atoms with van der Waals surface area (Å²) in [5.74, 6) is 0.736. The van der Waals surface area contributed by atoms with Gasteiger partial charge in [0, 0.05) is 30.8 Å². The molecular weight excluding hydrogens is 332 g/mol. The van der Waals surface area contributed by atoms with Crippen molar-refractivity contribution in [1.82, 2.24) is 15.6 Å². The summed E-state index contributed by atoms with van der Waals surface area (Å²) in [6.07, 6.45) is 1.000. The van der Waals surface area contributed by atoms with Gasteiger partial charge in [0.15, 0.2) is 5.96 Å². The summed E-state index contributed by atoms with van der Waals surface area (Å²) in [6, 6.07) is 9.99. The molecule has 1 unspecified atom stereocenters. The van der Waals surface area contributed by atoms with Crippen LogP contribution in [0.5, 0.6) is 0 Å². The number of nitrogens with one attached hydrogen (secondary N) is 2. The van der Waals surface area contributed by atoms with Gasteiger partial charge >= 0.3 is 0 Å². The second-order valence-corrected chi connectivity index (χ2v) is 7.28. The Morgan fingerprint density at radius 2 is 2.00 bits per heavy atom. The van der Waals surface area contributed by atoms with E-state index >= 15 is 0 Å². The average molecular weight is 361 g/mol. The summed E-state index contributed by atoms with van der Waals surface area (Å²) in [4.78, 5) is 10.3. The van der Waals surface area contributed by atoms with Crippen molar-refractivity contribution in [3.05, 3.63) is 51.5 Å². The maximum absolute atomic E-state index is 10.2. The Morgan fingerprint density at radius 1 is 1.24 bits per heavy atom. The molecule has 0 radical (unpaired) electrons. The fraction of sp³-hybridized carbons (Fsp3) is 0.474. The highest BCUT2D eigenvalue weighted by Crippen LogP contribution is 2.16. The average Bonchev–Trinajstić information content (AvgIpc) is 2.91. The lowest BCUT2D eigenvalue weighted by atomic mass is 10.1. The van der Waals surface area contributed by atoms with Crippen molar-refractivity contribution in [2.24, 2.45) is 4.99 Å². The fourth-order valence-electron chi connectivity index (χ4n) is 2.42. The minimum absolute atomic E-state index is 0.375. The number of hydrogen-bond acceptors (Lipinski definition) is 4. The molecule has 2 aromatic rings. The predicted molar refractivity (Wildman–Crippen MR) is 105 cm³/mol. The van der Waals surface area contributed by atoms with Gasteiger partial charge in [0.05, 0.1) is 23.4 Å². The molecule has 6 heteroatoms. The van der Waals surface area contributed by atoms with Gasteiger partial charge in [0.1, 0.15) is 0 Å². The Labute approximate surface area is 154 Å². The molecule has 0 fully saturated rings. The molecule has 2 rings (SSSR count). The van der Waals surface area contributed by atoms with E-state index in [4.69, 9.17) is 0 Å². The van der Waals surface area contributed by atoms with Crippen molar-refractivity contribution < 1.29 is 5.11 Å². The number of aliphatic imine (C=N–C) groups is 1.